The maximum Gasteiger partial charge on any atom is 0.0175 e. The molecule has 2 rings (SSSR count). The smallest absolute Gasteiger partial charge is 0.0175 e. The molecule has 0 spiro atoms. The average molecular weight is 279 g/mol. The van der Waals surface area contributed by atoms with Crippen molar-refractivity contribution in [2.24, 2.45) is 11.3 Å². The number of allylic oxidation sites excluding steroid dienone is 1. The van der Waals surface area contributed by atoms with Crippen LogP contribution in [0.5, 0.6) is 0 Å². The van der Waals surface area contributed by atoms with Gasteiger partial charge in [0.25, 0.3) is 0 Å². The second-order valence-corrected chi connectivity index (χ2v) is 6.39. The molecule has 86 valence electrons. The highest BCUT2D eigenvalue weighted by molar-refractivity contribution is 9.10. The summed E-state index contributed by atoms with van der Waals surface area (Å²) < 4.78 is 1.15. The first kappa shape index (κ1) is 11.9. The topological polar surface area (TPSA) is 0 Å². The Morgan fingerprint density at radius 1 is 1.31 bits per heavy atom. The standard InChI is InChI=1S/C15H19Br/c1-11-13(8-9-15(11,2)3)10-12-4-6-14(16)7-5-12/h4-7,13H,1,8-10H2,2-3H3. The normalized spacial score (nSPS) is 23.7. The largest absolute Gasteiger partial charge is 0.0990 e. The van der Waals surface area contributed by atoms with Crippen molar-refractivity contribution in [2.75, 3.05) is 0 Å². The Morgan fingerprint density at radius 3 is 2.44 bits per heavy atom. The Labute approximate surface area is 107 Å². The van der Waals surface area contributed by atoms with Gasteiger partial charge in [0, 0.05) is 4.47 Å². The van der Waals surface area contributed by atoms with Crippen LogP contribution in [0, 0.1) is 11.3 Å². The molecule has 1 aromatic carbocycles. The maximum atomic E-state index is 4.29. The van der Waals surface area contributed by atoms with E-state index in [2.05, 4.69) is 60.6 Å². The third-order valence-electron chi connectivity index (χ3n) is 3.88. The number of hydrogen-bond acceptors (Lipinski definition) is 0. The molecule has 0 amide bonds. The van der Waals surface area contributed by atoms with E-state index in [0.29, 0.717) is 11.3 Å². The van der Waals surface area contributed by atoms with Crippen molar-refractivity contribution in [2.45, 2.75) is 33.1 Å². The first-order chi connectivity index (χ1) is 7.49. The van der Waals surface area contributed by atoms with Gasteiger partial charge in [0.05, 0.1) is 0 Å². The van der Waals surface area contributed by atoms with Crippen molar-refractivity contribution in [3.63, 3.8) is 0 Å². The molecule has 16 heavy (non-hydrogen) atoms. The SMILES string of the molecule is C=C1C(Cc2ccc(Br)cc2)CCC1(C)C. The summed E-state index contributed by atoms with van der Waals surface area (Å²) in [5.74, 6) is 0.677. The van der Waals surface area contributed by atoms with E-state index in [9.17, 15) is 0 Å². The highest BCUT2D eigenvalue weighted by Gasteiger charge is 2.34. The second kappa shape index (κ2) is 4.37. The summed E-state index contributed by atoms with van der Waals surface area (Å²) in [7, 11) is 0. The fraction of sp³-hybridized carbons (Fsp3) is 0.467. The van der Waals surface area contributed by atoms with Gasteiger partial charge in [-0.15, -0.1) is 0 Å². The molecule has 0 radical (unpaired) electrons. The molecule has 0 bridgehead atoms. The van der Waals surface area contributed by atoms with Crippen LogP contribution in [0.4, 0.5) is 0 Å². The number of benzene rings is 1. The molecule has 0 aromatic heterocycles. The third-order valence-corrected chi connectivity index (χ3v) is 4.40. The van der Waals surface area contributed by atoms with E-state index in [1.165, 1.54) is 24.0 Å². The summed E-state index contributed by atoms with van der Waals surface area (Å²) in [6.45, 7) is 8.93. The Morgan fingerprint density at radius 2 is 1.94 bits per heavy atom. The predicted molar refractivity (Wildman–Crippen MR) is 73.5 cm³/mol. The van der Waals surface area contributed by atoms with E-state index in [1.807, 2.05) is 0 Å². The number of hydrogen-bond donors (Lipinski definition) is 0. The molecule has 1 aliphatic rings. The predicted octanol–water partition coefficient (Wildman–Crippen LogP) is 4.98. The third kappa shape index (κ3) is 2.40. The van der Waals surface area contributed by atoms with Gasteiger partial charge >= 0.3 is 0 Å². The summed E-state index contributed by atoms with van der Waals surface area (Å²) >= 11 is 3.47. The molecule has 1 atom stereocenters. The minimum absolute atomic E-state index is 0.347. The summed E-state index contributed by atoms with van der Waals surface area (Å²) in [5.41, 5.74) is 3.21. The fourth-order valence-electron chi connectivity index (χ4n) is 2.55. The first-order valence-electron chi connectivity index (χ1n) is 5.93. The molecule has 1 aromatic rings. The molecule has 1 heteroatoms. The van der Waals surface area contributed by atoms with Crippen molar-refractivity contribution >= 4 is 15.9 Å². The van der Waals surface area contributed by atoms with Crippen LogP contribution in [0.3, 0.4) is 0 Å². The van der Waals surface area contributed by atoms with Crippen LogP contribution in [0.2, 0.25) is 0 Å². The lowest BCUT2D eigenvalue weighted by Gasteiger charge is -2.21. The van der Waals surface area contributed by atoms with Crippen LogP contribution in [0.1, 0.15) is 32.3 Å². The zero-order chi connectivity index (χ0) is 11.8. The molecule has 0 heterocycles. The molecule has 1 aliphatic carbocycles. The fourth-order valence-corrected chi connectivity index (χ4v) is 2.82. The zero-order valence-corrected chi connectivity index (χ0v) is 11.7. The molecule has 0 nitrogen and oxygen atoms in total. The molecule has 0 aliphatic heterocycles. The quantitative estimate of drug-likeness (QED) is 0.669. The monoisotopic (exact) mass is 278 g/mol. The molecular formula is C15H19Br. The molecule has 1 fully saturated rings. The zero-order valence-electron chi connectivity index (χ0n) is 10.1. The van der Waals surface area contributed by atoms with Crippen LogP contribution in [-0.2, 0) is 6.42 Å². The lowest BCUT2D eigenvalue weighted by atomic mass is 9.84. The van der Waals surface area contributed by atoms with Gasteiger partial charge in [-0.2, -0.15) is 0 Å². The van der Waals surface area contributed by atoms with E-state index >= 15 is 0 Å². The van der Waals surface area contributed by atoms with Crippen LogP contribution < -0.4 is 0 Å². The minimum Gasteiger partial charge on any atom is -0.0990 e. The van der Waals surface area contributed by atoms with Crippen molar-refractivity contribution in [3.8, 4) is 0 Å². The van der Waals surface area contributed by atoms with Crippen LogP contribution in [0.25, 0.3) is 0 Å². The minimum atomic E-state index is 0.347. The highest BCUT2D eigenvalue weighted by atomic mass is 79.9. The summed E-state index contributed by atoms with van der Waals surface area (Å²) in [6, 6.07) is 8.67. The van der Waals surface area contributed by atoms with Gasteiger partial charge in [-0.25, -0.2) is 0 Å². The molecule has 0 N–H and O–H groups in total. The van der Waals surface area contributed by atoms with Crippen LogP contribution >= 0.6 is 15.9 Å². The second-order valence-electron chi connectivity index (χ2n) is 5.48. The highest BCUT2D eigenvalue weighted by Crippen LogP contribution is 2.46. The average Bonchev–Trinajstić information content (AvgIpc) is 2.49. The Balaban J connectivity index is 2.07. The van der Waals surface area contributed by atoms with Gasteiger partial charge in [-0.05, 0) is 48.3 Å². The van der Waals surface area contributed by atoms with Crippen LogP contribution in [-0.4, -0.2) is 0 Å². The molecular weight excluding hydrogens is 260 g/mol. The summed E-state index contributed by atoms with van der Waals surface area (Å²) in [6.07, 6.45) is 3.73. The van der Waals surface area contributed by atoms with E-state index < -0.39 is 0 Å². The number of rotatable bonds is 2. The van der Waals surface area contributed by atoms with E-state index in [1.54, 1.807) is 0 Å². The van der Waals surface area contributed by atoms with Gasteiger partial charge in [0.2, 0.25) is 0 Å². The van der Waals surface area contributed by atoms with Crippen LogP contribution in [0.15, 0.2) is 40.9 Å². The molecule has 1 saturated carbocycles. The number of halogens is 1. The Hall–Kier alpha value is -0.560. The van der Waals surface area contributed by atoms with Crippen molar-refractivity contribution < 1.29 is 0 Å². The van der Waals surface area contributed by atoms with Crippen molar-refractivity contribution in [3.05, 3.63) is 46.5 Å². The lowest BCUT2D eigenvalue weighted by molar-refractivity contribution is 0.462. The molecule has 0 saturated heterocycles. The van der Waals surface area contributed by atoms with Gasteiger partial charge < -0.3 is 0 Å². The van der Waals surface area contributed by atoms with Gasteiger partial charge in [0.1, 0.15) is 0 Å². The Kier molecular flexibility index (Phi) is 3.25. The van der Waals surface area contributed by atoms with E-state index in [-0.39, 0.29) is 0 Å². The van der Waals surface area contributed by atoms with Gasteiger partial charge in [-0.3, -0.25) is 0 Å². The Bertz CT molecular complexity index is 386. The van der Waals surface area contributed by atoms with Crippen molar-refractivity contribution in [1.82, 2.24) is 0 Å². The van der Waals surface area contributed by atoms with Gasteiger partial charge in [0.15, 0.2) is 0 Å². The summed E-state index contributed by atoms with van der Waals surface area (Å²) in [5, 5.41) is 0. The van der Waals surface area contributed by atoms with E-state index in [4.69, 9.17) is 0 Å². The van der Waals surface area contributed by atoms with Crippen molar-refractivity contribution in [1.29, 1.82) is 0 Å². The van der Waals surface area contributed by atoms with E-state index in [0.717, 1.165) is 10.9 Å². The maximum absolute atomic E-state index is 4.29. The molecule has 1 unspecified atom stereocenters. The lowest BCUT2D eigenvalue weighted by Crippen LogP contribution is -2.10. The first-order valence-corrected chi connectivity index (χ1v) is 6.72. The summed E-state index contributed by atoms with van der Waals surface area (Å²) in [4.78, 5) is 0. The van der Waals surface area contributed by atoms with Gasteiger partial charge in [-0.1, -0.05) is 54.1 Å².